The first kappa shape index (κ1) is 23.9. The van der Waals surface area contributed by atoms with Crippen molar-refractivity contribution in [3.05, 3.63) is 75.3 Å². The largest absolute Gasteiger partial charge is 0.507 e. The Morgan fingerprint density at radius 2 is 1.88 bits per heavy atom. The van der Waals surface area contributed by atoms with Crippen molar-refractivity contribution >= 4 is 23.1 Å². The van der Waals surface area contributed by atoms with E-state index in [-0.39, 0.29) is 43.2 Å². The van der Waals surface area contributed by atoms with E-state index < -0.39 is 28.4 Å². The molecule has 2 aromatic rings. The third-order valence-corrected chi connectivity index (χ3v) is 5.09. The molecule has 1 atom stereocenters. The first-order chi connectivity index (χ1) is 15.9. The molecule has 0 aromatic heterocycles. The number of benzene rings is 2. The second-order valence-electron chi connectivity index (χ2n) is 7.14. The fourth-order valence-corrected chi connectivity index (χ4v) is 3.62. The van der Waals surface area contributed by atoms with Gasteiger partial charge in [-0.05, 0) is 24.6 Å². The van der Waals surface area contributed by atoms with E-state index in [4.69, 9.17) is 14.6 Å². The van der Waals surface area contributed by atoms with Crippen LogP contribution in [-0.2, 0) is 14.3 Å². The predicted molar refractivity (Wildman–Crippen MR) is 118 cm³/mol. The van der Waals surface area contributed by atoms with Crippen LogP contribution in [0.3, 0.4) is 0 Å². The summed E-state index contributed by atoms with van der Waals surface area (Å²) >= 11 is 0. The van der Waals surface area contributed by atoms with Crippen LogP contribution in [0.2, 0.25) is 0 Å². The van der Waals surface area contributed by atoms with Crippen molar-refractivity contribution in [3.8, 4) is 5.75 Å². The number of Topliss-reactive ketones (excluding diaryl/α,β-unsaturated/α-hetero) is 1. The van der Waals surface area contributed by atoms with Gasteiger partial charge < -0.3 is 24.6 Å². The maximum absolute atomic E-state index is 12.9. The fourth-order valence-electron chi connectivity index (χ4n) is 3.62. The molecule has 1 saturated heterocycles. The van der Waals surface area contributed by atoms with Gasteiger partial charge in [0.1, 0.15) is 11.5 Å². The van der Waals surface area contributed by atoms with Gasteiger partial charge in [0.2, 0.25) is 0 Å². The van der Waals surface area contributed by atoms with E-state index >= 15 is 0 Å². The third-order valence-electron chi connectivity index (χ3n) is 5.09. The van der Waals surface area contributed by atoms with Crippen LogP contribution < -0.4 is 4.74 Å². The molecule has 1 amide bonds. The van der Waals surface area contributed by atoms with Crippen molar-refractivity contribution < 1.29 is 34.2 Å². The highest BCUT2D eigenvalue weighted by Gasteiger charge is 2.46. The van der Waals surface area contributed by atoms with Crippen molar-refractivity contribution in [3.63, 3.8) is 0 Å². The number of nitrogens with zero attached hydrogens (tertiary/aromatic N) is 2. The highest BCUT2D eigenvalue weighted by atomic mass is 16.6. The van der Waals surface area contributed by atoms with E-state index in [9.17, 15) is 24.8 Å². The number of hydrogen-bond acceptors (Lipinski definition) is 8. The number of rotatable bonds is 10. The van der Waals surface area contributed by atoms with Gasteiger partial charge in [-0.2, -0.15) is 0 Å². The summed E-state index contributed by atoms with van der Waals surface area (Å²) in [6.45, 7) is 2.30. The van der Waals surface area contributed by atoms with Gasteiger partial charge in [-0.1, -0.05) is 24.3 Å². The summed E-state index contributed by atoms with van der Waals surface area (Å²) < 4.78 is 10.7. The summed E-state index contributed by atoms with van der Waals surface area (Å²) in [7, 11) is 0. The molecular weight excluding hydrogens is 432 g/mol. The van der Waals surface area contributed by atoms with Crippen LogP contribution in [0.4, 0.5) is 5.69 Å². The summed E-state index contributed by atoms with van der Waals surface area (Å²) in [5.74, 6) is -1.63. The minimum Gasteiger partial charge on any atom is -0.507 e. The van der Waals surface area contributed by atoms with Crippen LogP contribution in [0, 0.1) is 10.1 Å². The third kappa shape index (κ3) is 5.18. The van der Waals surface area contributed by atoms with Gasteiger partial charge in [-0.25, -0.2) is 0 Å². The molecule has 1 aliphatic rings. The normalized spacial score (nSPS) is 17.4. The predicted octanol–water partition coefficient (Wildman–Crippen LogP) is 2.42. The number of ketones is 1. The molecule has 1 aliphatic heterocycles. The van der Waals surface area contributed by atoms with Crippen molar-refractivity contribution in [1.82, 2.24) is 4.90 Å². The lowest BCUT2D eigenvalue weighted by atomic mass is 9.95. The Labute approximate surface area is 189 Å². The number of amides is 1. The van der Waals surface area contributed by atoms with Gasteiger partial charge in [0.15, 0.2) is 0 Å². The van der Waals surface area contributed by atoms with Crippen LogP contribution in [0.1, 0.15) is 24.1 Å². The number of non-ortho nitro benzene ring substituents is 1. The number of carbonyl (C=O) groups excluding carboxylic acids is 2. The minimum atomic E-state index is -0.933. The van der Waals surface area contributed by atoms with Gasteiger partial charge in [0.05, 0.1) is 43.0 Å². The van der Waals surface area contributed by atoms with Crippen LogP contribution in [-0.4, -0.2) is 64.7 Å². The molecular formula is C23H24N2O8. The number of carbonyl (C=O) groups is 2. The Bertz CT molecular complexity index is 1060. The highest BCUT2D eigenvalue weighted by molar-refractivity contribution is 6.46. The standard InChI is InChI=1S/C23H24N2O8/c1-2-33-18-8-6-15(7-9-18)20-19(21(27)16-4-3-5-17(14-16)25(30)31)22(28)23(29)24(20)10-12-32-13-11-26/h3-9,14,20,26-27H,2,10-13H2,1H3/t20-/m0/s1. The van der Waals surface area contributed by atoms with Crippen LogP contribution in [0.15, 0.2) is 54.1 Å². The highest BCUT2D eigenvalue weighted by Crippen LogP contribution is 2.40. The molecule has 0 spiro atoms. The first-order valence-electron chi connectivity index (χ1n) is 10.3. The Morgan fingerprint density at radius 1 is 1.15 bits per heavy atom. The quantitative estimate of drug-likeness (QED) is 0.139. The topological polar surface area (TPSA) is 139 Å². The van der Waals surface area contributed by atoms with Crippen molar-refractivity contribution in [2.45, 2.75) is 13.0 Å². The van der Waals surface area contributed by atoms with E-state index in [0.29, 0.717) is 17.9 Å². The van der Waals surface area contributed by atoms with E-state index in [2.05, 4.69) is 0 Å². The first-order valence-corrected chi connectivity index (χ1v) is 10.3. The number of aliphatic hydroxyl groups excluding tert-OH is 2. The molecule has 0 saturated carbocycles. The van der Waals surface area contributed by atoms with E-state index in [1.807, 2.05) is 6.92 Å². The summed E-state index contributed by atoms with van der Waals surface area (Å²) in [6.07, 6.45) is 0. The zero-order valence-electron chi connectivity index (χ0n) is 18.0. The van der Waals surface area contributed by atoms with Gasteiger partial charge in [-0.3, -0.25) is 19.7 Å². The molecule has 33 heavy (non-hydrogen) atoms. The molecule has 1 heterocycles. The SMILES string of the molecule is CCOc1ccc([C@H]2C(=C(O)c3cccc([N+](=O)[O-])c3)C(=O)C(=O)N2CCOCCO)cc1. The Hall–Kier alpha value is -3.76. The molecule has 0 aliphatic carbocycles. The number of nitro groups is 1. The summed E-state index contributed by atoms with van der Waals surface area (Å²) in [6, 6.07) is 11.0. The molecule has 0 bridgehead atoms. The smallest absolute Gasteiger partial charge is 0.295 e. The molecule has 174 valence electrons. The molecule has 2 aromatic carbocycles. The zero-order valence-corrected chi connectivity index (χ0v) is 18.0. The zero-order chi connectivity index (χ0) is 24.0. The molecule has 10 heteroatoms. The monoisotopic (exact) mass is 456 g/mol. The molecule has 0 unspecified atom stereocenters. The summed E-state index contributed by atoms with van der Waals surface area (Å²) in [4.78, 5) is 37.6. The van der Waals surface area contributed by atoms with Gasteiger partial charge in [0.25, 0.3) is 17.4 Å². The van der Waals surface area contributed by atoms with Gasteiger partial charge in [-0.15, -0.1) is 0 Å². The van der Waals surface area contributed by atoms with Crippen molar-refractivity contribution in [2.75, 3.05) is 33.0 Å². The summed E-state index contributed by atoms with van der Waals surface area (Å²) in [5.41, 5.74) is 0.163. The Balaban J connectivity index is 2.08. The molecule has 1 fully saturated rings. The van der Waals surface area contributed by atoms with E-state index in [1.54, 1.807) is 24.3 Å². The lowest BCUT2D eigenvalue weighted by Gasteiger charge is -2.25. The number of nitro benzene ring substituents is 1. The Morgan fingerprint density at radius 3 is 2.52 bits per heavy atom. The van der Waals surface area contributed by atoms with Gasteiger partial charge in [0, 0.05) is 24.2 Å². The van der Waals surface area contributed by atoms with Crippen LogP contribution in [0.5, 0.6) is 5.75 Å². The van der Waals surface area contributed by atoms with Crippen molar-refractivity contribution in [2.24, 2.45) is 0 Å². The molecule has 10 nitrogen and oxygen atoms in total. The van der Waals surface area contributed by atoms with Crippen LogP contribution >= 0.6 is 0 Å². The second kappa shape index (κ2) is 10.7. The number of ether oxygens (including phenoxy) is 2. The van der Waals surface area contributed by atoms with E-state index in [1.165, 1.54) is 23.1 Å². The number of likely N-dealkylation sites (tertiary alicyclic amines) is 1. The average Bonchev–Trinajstić information content (AvgIpc) is 3.07. The van der Waals surface area contributed by atoms with Crippen molar-refractivity contribution in [1.29, 1.82) is 0 Å². The lowest BCUT2D eigenvalue weighted by Crippen LogP contribution is -2.33. The minimum absolute atomic E-state index is 0.0359. The Kier molecular flexibility index (Phi) is 7.75. The van der Waals surface area contributed by atoms with Gasteiger partial charge >= 0.3 is 0 Å². The van der Waals surface area contributed by atoms with Crippen LogP contribution in [0.25, 0.3) is 5.76 Å². The molecule has 0 radical (unpaired) electrons. The summed E-state index contributed by atoms with van der Waals surface area (Å²) in [5, 5.41) is 31.0. The maximum atomic E-state index is 12.9. The molecule has 3 rings (SSSR count). The van der Waals surface area contributed by atoms with E-state index in [0.717, 1.165) is 6.07 Å². The molecule has 2 N–H and O–H groups in total. The lowest BCUT2D eigenvalue weighted by molar-refractivity contribution is -0.384. The number of hydrogen-bond donors (Lipinski definition) is 2. The number of aliphatic hydroxyl groups is 2. The fraction of sp³-hybridized carbons (Fsp3) is 0.304. The maximum Gasteiger partial charge on any atom is 0.295 e. The second-order valence-corrected chi connectivity index (χ2v) is 7.14. The average molecular weight is 456 g/mol.